The highest BCUT2D eigenvalue weighted by Gasteiger charge is 2.26. The van der Waals surface area contributed by atoms with Crippen LogP contribution in [0.25, 0.3) is 0 Å². The molecule has 0 aromatic heterocycles. The van der Waals surface area contributed by atoms with Gasteiger partial charge in [0.05, 0.1) is 19.0 Å². The van der Waals surface area contributed by atoms with E-state index in [1.807, 2.05) is 5.32 Å². The quantitative estimate of drug-likeness (QED) is 0.141. The molecule has 0 aliphatic rings. The molecule has 0 aliphatic heterocycles. The molecule has 1 aromatic carbocycles. The highest BCUT2D eigenvalue weighted by Crippen LogP contribution is 2.11. The lowest BCUT2D eigenvalue weighted by Gasteiger charge is -2.20. The van der Waals surface area contributed by atoms with Crippen LogP contribution in [-0.4, -0.2) is 80.7 Å². The summed E-state index contributed by atoms with van der Waals surface area (Å²) < 4.78 is 0. The molecule has 0 saturated heterocycles. The van der Waals surface area contributed by atoms with Gasteiger partial charge in [-0.15, -0.1) is 0 Å². The fourth-order valence-corrected chi connectivity index (χ4v) is 2.70. The van der Waals surface area contributed by atoms with Crippen molar-refractivity contribution >= 4 is 35.6 Å². The number of carboxylic acids is 3. The monoisotopic (exact) mass is 482 g/mol. The summed E-state index contributed by atoms with van der Waals surface area (Å²) in [6.45, 7) is -0.749. The molecule has 1 aromatic rings. The molecule has 1 rings (SSSR count). The Morgan fingerprint density at radius 3 is 2.00 bits per heavy atom. The molecule has 3 atom stereocenters. The summed E-state index contributed by atoms with van der Waals surface area (Å²) in [6.07, 6.45) is -1.64. The van der Waals surface area contributed by atoms with Gasteiger partial charge in [0.2, 0.25) is 17.7 Å². The second kappa shape index (κ2) is 13.4. The molecular formula is C20H26N4O10. The zero-order valence-electron chi connectivity index (χ0n) is 17.9. The molecule has 0 unspecified atom stereocenters. The normalized spacial score (nSPS) is 13.1. The van der Waals surface area contributed by atoms with Gasteiger partial charge in [0.15, 0.2) is 0 Å². The molecule has 0 spiro atoms. The minimum absolute atomic E-state index is 0.0221. The second-order valence-corrected chi connectivity index (χ2v) is 7.24. The van der Waals surface area contributed by atoms with Gasteiger partial charge in [-0.25, -0.2) is 4.79 Å². The molecule has 0 aliphatic carbocycles. The molecular weight excluding hydrogens is 456 g/mol. The number of rotatable bonds is 14. The summed E-state index contributed by atoms with van der Waals surface area (Å²) in [4.78, 5) is 69.3. The molecule has 0 heterocycles. The number of nitrogens with two attached hydrogens (primary N) is 1. The predicted octanol–water partition coefficient (Wildman–Crippen LogP) is -2.23. The standard InChI is InChI=1S/C20H26N4O10/c21-12(7-10-1-3-11(25)4-2-10)18(31)24-13(5-6-16(27)28)19(32)22-9-15(26)23-14(20(33)34)8-17(29)30/h1-4,12-14,25H,5-9,21H2,(H,22,32)(H,23,26)(H,24,31)(H,27,28)(H,29,30)(H,33,34)/t12-,13-,14-/m0/s1. The molecule has 34 heavy (non-hydrogen) atoms. The molecule has 14 nitrogen and oxygen atoms in total. The number of hydrogen-bond acceptors (Lipinski definition) is 8. The third-order valence-corrected chi connectivity index (χ3v) is 4.44. The number of nitrogens with one attached hydrogen (secondary N) is 3. The third-order valence-electron chi connectivity index (χ3n) is 4.44. The van der Waals surface area contributed by atoms with E-state index in [-0.39, 0.29) is 18.6 Å². The largest absolute Gasteiger partial charge is 0.508 e. The lowest BCUT2D eigenvalue weighted by Crippen LogP contribution is -2.54. The maximum atomic E-state index is 12.4. The molecule has 0 bridgehead atoms. The maximum absolute atomic E-state index is 12.4. The van der Waals surface area contributed by atoms with E-state index < -0.39 is 73.1 Å². The second-order valence-electron chi connectivity index (χ2n) is 7.24. The highest BCUT2D eigenvalue weighted by atomic mass is 16.4. The molecule has 0 radical (unpaired) electrons. The fourth-order valence-electron chi connectivity index (χ4n) is 2.70. The Kier molecular flexibility index (Phi) is 10.9. The van der Waals surface area contributed by atoms with Gasteiger partial charge in [-0.1, -0.05) is 12.1 Å². The summed E-state index contributed by atoms with van der Waals surface area (Å²) in [6, 6.07) is 1.70. The molecule has 186 valence electrons. The van der Waals surface area contributed by atoms with Crippen molar-refractivity contribution in [3.63, 3.8) is 0 Å². The van der Waals surface area contributed by atoms with Crippen LogP contribution >= 0.6 is 0 Å². The van der Waals surface area contributed by atoms with Crippen molar-refractivity contribution in [1.29, 1.82) is 0 Å². The Bertz CT molecular complexity index is 918. The lowest BCUT2D eigenvalue weighted by atomic mass is 10.0. The Labute approximate surface area is 193 Å². The van der Waals surface area contributed by atoms with Crippen LogP contribution in [0.1, 0.15) is 24.8 Å². The van der Waals surface area contributed by atoms with Crippen molar-refractivity contribution in [2.24, 2.45) is 5.73 Å². The van der Waals surface area contributed by atoms with E-state index in [0.717, 1.165) is 0 Å². The lowest BCUT2D eigenvalue weighted by molar-refractivity contribution is -0.147. The topological polar surface area (TPSA) is 245 Å². The number of hydrogen-bond donors (Lipinski definition) is 8. The third kappa shape index (κ3) is 10.4. The average Bonchev–Trinajstić information content (AvgIpc) is 2.75. The smallest absolute Gasteiger partial charge is 0.326 e. The van der Waals surface area contributed by atoms with E-state index >= 15 is 0 Å². The van der Waals surface area contributed by atoms with Gasteiger partial charge < -0.3 is 42.1 Å². The van der Waals surface area contributed by atoms with E-state index in [1.54, 1.807) is 12.1 Å². The number of benzene rings is 1. The van der Waals surface area contributed by atoms with Gasteiger partial charge in [0, 0.05) is 6.42 Å². The van der Waals surface area contributed by atoms with Crippen LogP contribution in [0.4, 0.5) is 0 Å². The first-order valence-electron chi connectivity index (χ1n) is 9.96. The average molecular weight is 482 g/mol. The van der Waals surface area contributed by atoms with E-state index in [0.29, 0.717) is 5.56 Å². The fraction of sp³-hybridized carbons (Fsp3) is 0.400. The van der Waals surface area contributed by atoms with Gasteiger partial charge in [0.25, 0.3) is 0 Å². The Morgan fingerprint density at radius 2 is 1.47 bits per heavy atom. The van der Waals surface area contributed by atoms with E-state index in [4.69, 9.17) is 21.1 Å². The zero-order valence-corrected chi connectivity index (χ0v) is 17.9. The summed E-state index contributed by atoms with van der Waals surface area (Å²) in [5.41, 5.74) is 6.47. The van der Waals surface area contributed by atoms with Crippen LogP contribution in [0.5, 0.6) is 5.75 Å². The van der Waals surface area contributed by atoms with Gasteiger partial charge >= 0.3 is 17.9 Å². The number of phenolic OH excluding ortho intramolecular Hbond substituents is 1. The first-order valence-corrected chi connectivity index (χ1v) is 9.96. The van der Waals surface area contributed by atoms with Crippen LogP contribution in [-0.2, 0) is 35.2 Å². The number of phenols is 1. The van der Waals surface area contributed by atoms with Crippen LogP contribution in [0.2, 0.25) is 0 Å². The van der Waals surface area contributed by atoms with Gasteiger partial charge in [-0.05, 0) is 30.5 Å². The van der Waals surface area contributed by atoms with Gasteiger partial charge in [0.1, 0.15) is 17.8 Å². The first kappa shape index (κ1) is 27.8. The van der Waals surface area contributed by atoms with Crippen molar-refractivity contribution in [2.45, 2.75) is 43.8 Å². The number of aliphatic carboxylic acids is 3. The van der Waals surface area contributed by atoms with Crippen LogP contribution in [0.15, 0.2) is 24.3 Å². The number of amides is 3. The minimum Gasteiger partial charge on any atom is -0.508 e. The molecule has 3 amide bonds. The van der Waals surface area contributed by atoms with Crippen LogP contribution in [0.3, 0.4) is 0 Å². The van der Waals surface area contributed by atoms with E-state index in [1.165, 1.54) is 12.1 Å². The van der Waals surface area contributed by atoms with Crippen molar-refractivity contribution < 1.29 is 49.2 Å². The SMILES string of the molecule is N[C@@H](Cc1ccc(O)cc1)C(=O)N[C@@H](CCC(=O)O)C(=O)NCC(=O)N[C@@H](CC(=O)O)C(=O)O. The number of aromatic hydroxyl groups is 1. The summed E-state index contributed by atoms with van der Waals surface area (Å²) >= 11 is 0. The van der Waals surface area contributed by atoms with Crippen molar-refractivity contribution in [2.75, 3.05) is 6.54 Å². The minimum atomic E-state index is -1.72. The van der Waals surface area contributed by atoms with Crippen molar-refractivity contribution in [3.8, 4) is 5.75 Å². The Balaban J connectivity index is 2.72. The molecule has 0 fully saturated rings. The summed E-state index contributed by atoms with van der Waals surface area (Å²) in [5, 5.41) is 42.2. The van der Waals surface area contributed by atoms with E-state index in [9.17, 15) is 33.9 Å². The van der Waals surface area contributed by atoms with Gasteiger partial charge in [-0.2, -0.15) is 0 Å². The number of carboxylic acid groups (broad SMARTS) is 3. The van der Waals surface area contributed by atoms with Gasteiger partial charge in [-0.3, -0.25) is 24.0 Å². The predicted molar refractivity (Wildman–Crippen MR) is 113 cm³/mol. The number of carbonyl (C=O) groups is 6. The Morgan fingerprint density at radius 1 is 0.853 bits per heavy atom. The summed E-state index contributed by atoms with van der Waals surface area (Å²) in [5.74, 6) is -6.96. The molecule has 14 heteroatoms. The maximum Gasteiger partial charge on any atom is 0.326 e. The van der Waals surface area contributed by atoms with Crippen molar-refractivity contribution in [3.05, 3.63) is 29.8 Å². The van der Waals surface area contributed by atoms with Crippen LogP contribution in [0, 0.1) is 0 Å². The highest BCUT2D eigenvalue weighted by molar-refractivity contribution is 5.93. The number of carbonyl (C=O) groups excluding carboxylic acids is 3. The summed E-state index contributed by atoms with van der Waals surface area (Å²) in [7, 11) is 0. The Hall–Kier alpha value is -4.20. The first-order chi connectivity index (χ1) is 15.9. The van der Waals surface area contributed by atoms with Crippen LogP contribution < -0.4 is 21.7 Å². The molecule has 9 N–H and O–H groups in total. The zero-order chi connectivity index (χ0) is 25.8. The van der Waals surface area contributed by atoms with E-state index in [2.05, 4.69) is 10.6 Å². The van der Waals surface area contributed by atoms with Crippen molar-refractivity contribution in [1.82, 2.24) is 16.0 Å². The molecule has 0 saturated carbocycles.